The number of para-hydroxylation sites is 4. The van der Waals surface area contributed by atoms with Gasteiger partial charge in [-0.3, -0.25) is 10.8 Å². The molecular weight excluding hydrogens is 502 g/mol. The van der Waals surface area contributed by atoms with Gasteiger partial charge in [-0.1, -0.05) is 72.8 Å². The second-order valence-electron chi connectivity index (χ2n) is 10.1. The summed E-state index contributed by atoms with van der Waals surface area (Å²) in [5.41, 5.74) is 13.8. The molecule has 0 unspecified atom stereocenters. The minimum absolute atomic E-state index is 0.245. The Labute approximate surface area is 237 Å². The molecule has 41 heavy (non-hydrogen) atoms. The van der Waals surface area contributed by atoms with Crippen molar-refractivity contribution in [2.24, 2.45) is 0 Å². The van der Waals surface area contributed by atoms with E-state index in [1.807, 2.05) is 42.5 Å². The van der Waals surface area contributed by atoms with Gasteiger partial charge < -0.3 is 14.9 Å². The molecule has 0 amide bonds. The van der Waals surface area contributed by atoms with Crippen molar-refractivity contribution >= 4 is 66.4 Å². The monoisotopic (exact) mass is 529 g/mol. The predicted octanol–water partition coefficient (Wildman–Crippen LogP) is 8.61. The van der Waals surface area contributed by atoms with E-state index >= 15 is 0 Å². The standard InChI is InChI=1S/C18H13N3.C18H14N2/c19-15-10-9-12(11-16(15)20)21-17-7-3-1-5-13(17)14-6-2-4-8-18(14)21;19-13-9-11-14(12-10-13)20-17-7-3-1-5-15(17)16-6-2-4-8-18(16)20/h1-11,19-20H;1-12H,19H2. The molecule has 5 heteroatoms. The largest absolute Gasteiger partial charge is 0.399 e. The van der Waals surface area contributed by atoms with Crippen LogP contribution in [0.1, 0.15) is 0 Å². The van der Waals surface area contributed by atoms with Crippen LogP contribution < -0.4 is 5.73 Å². The molecule has 0 saturated heterocycles. The van der Waals surface area contributed by atoms with Crippen LogP contribution in [-0.4, -0.2) is 20.6 Å². The molecule has 0 fully saturated rings. The summed E-state index contributed by atoms with van der Waals surface area (Å²) < 4.78 is 4.44. The molecule has 1 aliphatic carbocycles. The Morgan fingerprint density at radius 3 is 1.29 bits per heavy atom. The minimum atomic E-state index is 0.245. The molecule has 5 aromatic carbocycles. The van der Waals surface area contributed by atoms with E-state index in [1.54, 1.807) is 12.2 Å². The Kier molecular flexibility index (Phi) is 5.83. The lowest BCUT2D eigenvalue weighted by atomic mass is 10.1. The maximum absolute atomic E-state index is 7.88. The van der Waals surface area contributed by atoms with Crippen molar-refractivity contribution in [3.05, 3.63) is 140 Å². The molecule has 1 aliphatic rings. The molecule has 196 valence electrons. The van der Waals surface area contributed by atoms with Crippen LogP contribution in [0.25, 0.3) is 55.0 Å². The van der Waals surface area contributed by atoms with E-state index in [2.05, 4.69) is 94.1 Å². The van der Waals surface area contributed by atoms with Crippen molar-refractivity contribution in [3.8, 4) is 5.69 Å². The average molecular weight is 530 g/mol. The maximum atomic E-state index is 7.88. The van der Waals surface area contributed by atoms with E-state index in [-0.39, 0.29) is 11.4 Å². The van der Waals surface area contributed by atoms with Crippen LogP contribution in [0.5, 0.6) is 0 Å². The number of hydrogen-bond acceptors (Lipinski definition) is 3. The lowest BCUT2D eigenvalue weighted by Gasteiger charge is -2.12. The second-order valence-corrected chi connectivity index (χ2v) is 10.1. The van der Waals surface area contributed by atoms with E-state index in [4.69, 9.17) is 16.6 Å². The smallest absolute Gasteiger partial charge is 0.0810 e. The number of nitrogens with one attached hydrogen (secondary N) is 2. The zero-order valence-electron chi connectivity index (χ0n) is 22.3. The van der Waals surface area contributed by atoms with E-state index in [0.29, 0.717) is 0 Å². The van der Waals surface area contributed by atoms with Crippen LogP contribution in [-0.2, 0) is 0 Å². The number of nitrogen functional groups attached to an aromatic ring is 1. The molecule has 2 aromatic heterocycles. The van der Waals surface area contributed by atoms with Gasteiger partial charge >= 0.3 is 0 Å². The van der Waals surface area contributed by atoms with Gasteiger partial charge in [0.25, 0.3) is 0 Å². The Balaban J connectivity index is 0.000000135. The van der Waals surface area contributed by atoms with Gasteiger partial charge in [-0.15, -0.1) is 0 Å². The summed E-state index contributed by atoms with van der Waals surface area (Å²) in [6, 6.07) is 41.6. The predicted molar refractivity (Wildman–Crippen MR) is 174 cm³/mol. The SMILES string of the molecule is N=C1C=CC(n2c3ccccc3c3ccccc32)=CC1=N.Nc1ccc(-n2c3ccccc3c3ccccc32)cc1. The molecule has 0 saturated carbocycles. The lowest BCUT2D eigenvalue weighted by Crippen LogP contribution is -2.12. The highest BCUT2D eigenvalue weighted by molar-refractivity contribution is 6.50. The Hall–Kier alpha value is -5.68. The van der Waals surface area contributed by atoms with Gasteiger partial charge in [0.2, 0.25) is 0 Å². The van der Waals surface area contributed by atoms with E-state index in [9.17, 15) is 0 Å². The lowest BCUT2D eigenvalue weighted by molar-refractivity contribution is 1.18. The first kappa shape index (κ1) is 24.4. The van der Waals surface area contributed by atoms with Gasteiger partial charge in [-0.05, 0) is 66.8 Å². The second kappa shape index (κ2) is 9.81. The van der Waals surface area contributed by atoms with Gasteiger partial charge in [0.05, 0.1) is 33.5 Å². The Bertz CT molecular complexity index is 2080. The topological polar surface area (TPSA) is 83.6 Å². The van der Waals surface area contributed by atoms with Gasteiger partial charge in [-0.2, -0.15) is 0 Å². The van der Waals surface area contributed by atoms with Crippen LogP contribution in [0.15, 0.2) is 140 Å². The van der Waals surface area contributed by atoms with E-state index in [1.165, 1.54) is 32.6 Å². The fourth-order valence-corrected chi connectivity index (χ4v) is 5.70. The van der Waals surface area contributed by atoms with Crippen LogP contribution in [0.2, 0.25) is 0 Å². The van der Waals surface area contributed by atoms with Crippen LogP contribution >= 0.6 is 0 Å². The first-order chi connectivity index (χ1) is 20.1. The summed E-state index contributed by atoms with van der Waals surface area (Å²) >= 11 is 0. The Morgan fingerprint density at radius 2 is 0.854 bits per heavy atom. The molecule has 5 nitrogen and oxygen atoms in total. The summed E-state index contributed by atoms with van der Waals surface area (Å²) in [7, 11) is 0. The highest BCUT2D eigenvalue weighted by Crippen LogP contribution is 2.33. The normalized spacial score (nSPS) is 13.1. The van der Waals surface area contributed by atoms with Crippen molar-refractivity contribution in [1.82, 2.24) is 9.13 Å². The molecule has 7 aromatic rings. The number of anilines is 1. The maximum Gasteiger partial charge on any atom is 0.0810 e. The van der Waals surface area contributed by atoms with Gasteiger partial charge in [-0.25, -0.2) is 0 Å². The molecule has 2 heterocycles. The van der Waals surface area contributed by atoms with Gasteiger partial charge in [0.15, 0.2) is 0 Å². The van der Waals surface area contributed by atoms with E-state index < -0.39 is 0 Å². The highest BCUT2D eigenvalue weighted by Gasteiger charge is 2.15. The average Bonchev–Trinajstić information content (AvgIpc) is 3.53. The number of rotatable bonds is 2. The molecule has 0 aliphatic heterocycles. The Morgan fingerprint density at radius 1 is 0.439 bits per heavy atom. The first-order valence-electron chi connectivity index (χ1n) is 13.5. The number of nitrogens with two attached hydrogens (primary N) is 1. The summed E-state index contributed by atoms with van der Waals surface area (Å²) in [4.78, 5) is 0. The van der Waals surface area contributed by atoms with Crippen molar-refractivity contribution in [3.63, 3.8) is 0 Å². The van der Waals surface area contributed by atoms with Gasteiger partial charge in [0, 0.05) is 38.6 Å². The highest BCUT2D eigenvalue weighted by atomic mass is 15.0. The van der Waals surface area contributed by atoms with Gasteiger partial charge in [0.1, 0.15) is 0 Å². The molecular formula is C36H27N5. The third-order valence-corrected chi connectivity index (χ3v) is 7.57. The number of aromatic nitrogens is 2. The molecule has 0 atom stereocenters. The summed E-state index contributed by atoms with van der Waals surface area (Å²) in [6.45, 7) is 0. The first-order valence-corrected chi connectivity index (χ1v) is 13.5. The minimum Gasteiger partial charge on any atom is -0.399 e. The summed E-state index contributed by atoms with van der Waals surface area (Å²) in [5, 5.41) is 20.5. The third kappa shape index (κ3) is 4.12. The third-order valence-electron chi connectivity index (χ3n) is 7.57. The molecule has 0 radical (unpaired) electrons. The van der Waals surface area contributed by atoms with Crippen molar-refractivity contribution in [2.75, 3.05) is 5.73 Å². The van der Waals surface area contributed by atoms with E-state index in [0.717, 1.165) is 28.1 Å². The van der Waals surface area contributed by atoms with Crippen LogP contribution in [0.4, 0.5) is 5.69 Å². The molecule has 0 bridgehead atoms. The fraction of sp³-hybridized carbons (Fsp3) is 0. The summed E-state index contributed by atoms with van der Waals surface area (Å²) in [6.07, 6.45) is 5.34. The quantitative estimate of drug-likeness (QED) is 0.152. The fourth-order valence-electron chi connectivity index (χ4n) is 5.70. The number of nitrogens with zero attached hydrogens (tertiary/aromatic N) is 2. The van der Waals surface area contributed by atoms with Crippen LogP contribution in [0, 0.1) is 10.8 Å². The molecule has 0 spiro atoms. The number of benzene rings is 5. The van der Waals surface area contributed by atoms with Crippen LogP contribution in [0.3, 0.4) is 0 Å². The van der Waals surface area contributed by atoms with Crippen molar-refractivity contribution in [2.45, 2.75) is 0 Å². The number of hydrogen-bond donors (Lipinski definition) is 3. The summed E-state index contributed by atoms with van der Waals surface area (Å²) in [5.74, 6) is 0. The van der Waals surface area contributed by atoms with Crippen molar-refractivity contribution in [1.29, 1.82) is 10.8 Å². The molecule has 4 N–H and O–H groups in total. The molecule has 8 rings (SSSR count). The van der Waals surface area contributed by atoms with Crippen molar-refractivity contribution < 1.29 is 0 Å². The zero-order valence-corrected chi connectivity index (χ0v) is 22.3. The zero-order chi connectivity index (χ0) is 27.9. The number of fused-ring (bicyclic) bond motifs is 6. The number of allylic oxidation sites excluding steroid dienone is 4.